The van der Waals surface area contributed by atoms with Gasteiger partial charge in [0, 0.05) is 31.9 Å². The fourth-order valence-corrected chi connectivity index (χ4v) is 3.43. The second kappa shape index (κ2) is 6.03. The van der Waals surface area contributed by atoms with Crippen LogP contribution in [0.2, 0.25) is 0 Å². The van der Waals surface area contributed by atoms with E-state index in [0.717, 1.165) is 26.2 Å². The minimum atomic E-state index is -0.713. The van der Waals surface area contributed by atoms with Crippen molar-refractivity contribution in [3.05, 3.63) is 30.3 Å². The standard InChI is InChI=1S/C16H22N2O3/c19-15(20)16(18-10-12-21-13-11-18)6-8-17(9-7-16)14-4-2-1-3-5-14/h1-5H,6-13H2,(H,19,20). The molecule has 114 valence electrons. The Labute approximate surface area is 125 Å². The van der Waals surface area contributed by atoms with Crippen LogP contribution in [-0.2, 0) is 9.53 Å². The molecule has 0 atom stereocenters. The van der Waals surface area contributed by atoms with Crippen molar-refractivity contribution in [2.75, 3.05) is 44.3 Å². The highest BCUT2D eigenvalue weighted by atomic mass is 16.5. The molecule has 2 fully saturated rings. The minimum Gasteiger partial charge on any atom is -0.480 e. The number of carboxylic acids is 1. The van der Waals surface area contributed by atoms with Crippen LogP contribution in [0, 0.1) is 0 Å². The Morgan fingerprint density at radius 2 is 1.67 bits per heavy atom. The van der Waals surface area contributed by atoms with Gasteiger partial charge in [0.05, 0.1) is 13.2 Å². The van der Waals surface area contributed by atoms with Crippen LogP contribution in [0.1, 0.15) is 12.8 Å². The maximum absolute atomic E-state index is 11.9. The molecule has 3 rings (SSSR count). The van der Waals surface area contributed by atoms with Crippen molar-refractivity contribution in [2.45, 2.75) is 18.4 Å². The van der Waals surface area contributed by atoms with E-state index < -0.39 is 11.5 Å². The predicted molar refractivity (Wildman–Crippen MR) is 80.6 cm³/mol. The summed E-state index contributed by atoms with van der Waals surface area (Å²) in [5.41, 5.74) is 0.466. The molecule has 0 amide bonds. The van der Waals surface area contributed by atoms with Gasteiger partial charge in [0.15, 0.2) is 0 Å². The number of ether oxygens (including phenoxy) is 1. The van der Waals surface area contributed by atoms with E-state index in [1.165, 1.54) is 5.69 Å². The molecule has 1 aromatic rings. The largest absolute Gasteiger partial charge is 0.480 e. The number of rotatable bonds is 3. The summed E-state index contributed by atoms with van der Waals surface area (Å²) in [6.07, 6.45) is 1.33. The highest BCUT2D eigenvalue weighted by Crippen LogP contribution is 2.32. The van der Waals surface area contributed by atoms with Gasteiger partial charge in [-0.2, -0.15) is 0 Å². The van der Waals surface area contributed by atoms with Gasteiger partial charge in [0.1, 0.15) is 5.54 Å². The van der Waals surface area contributed by atoms with Crippen LogP contribution in [0.4, 0.5) is 5.69 Å². The second-order valence-electron chi connectivity index (χ2n) is 5.76. The van der Waals surface area contributed by atoms with Gasteiger partial charge in [0.25, 0.3) is 0 Å². The summed E-state index contributed by atoms with van der Waals surface area (Å²) in [7, 11) is 0. The Kier molecular flexibility index (Phi) is 4.12. The van der Waals surface area contributed by atoms with Gasteiger partial charge >= 0.3 is 5.97 Å². The zero-order valence-electron chi connectivity index (χ0n) is 12.2. The van der Waals surface area contributed by atoms with Crippen LogP contribution in [-0.4, -0.2) is 60.9 Å². The lowest BCUT2D eigenvalue weighted by molar-refractivity contribution is -0.157. The quantitative estimate of drug-likeness (QED) is 0.913. The molecule has 0 saturated carbocycles. The highest BCUT2D eigenvalue weighted by molar-refractivity contribution is 5.79. The van der Waals surface area contributed by atoms with Crippen LogP contribution in [0.15, 0.2) is 30.3 Å². The van der Waals surface area contributed by atoms with Crippen LogP contribution >= 0.6 is 0 Å². The molecule has 0 radical (unpaired) electrons. The monoisotopic (exact) mass is 290 g/mol. The number of hydrogen-bond acceptors (Lipinski definition) is 4. The summed E-state index contributed by atoms with van der Waals surface area (Å²) >= 11 is 0. The number of nitrogens with zero attached hydrogens (tertiary/aromatic N) is 2. The van der Waals surface area contributed by atoms with Gasteiger partial charge in [-0.25, -0.2) is 0 Å². The van der Waals surface area contributed by atoms with Crippen molar-refractivity contribution < 1.29 is 14.6 Å². The van der Waals surface area contributed by atoms with E-state index in [9.17, 15) is 9.90 Å². The van der Waals surface area contributed by atoms with E-state index in [1.807, 2.05) is 18.2 Å². The molecule has 2 heterocycles. The number of piperidine rings is 1. The summed E-state index contributed by atoms with van der Waals surface area (Å²) in [4.78, 5) is 16.3. The maximum atomic E-state index is 11.9. The van der Waals surface area contributed by atoms with E-state index in [4.69, 9.17) is 4.74 Å². The van der Waals surface area contributed by atoms with Gasteiger partial charge < -0.3 is 14.7 Å². The third-order valence-corrected chi connectivity index (χ3v) is 4.73. The molecule has 0 aromatic heterocycles. The lowest BCUT2D eigenvalue weighted by Gasteiger charge is -2.47. The Balaban J connectivity index is 1.72. The first kappa shape index (κ1) is 14.4. The van der Waals surface area contributed by atoms with Crippen LogP contribution in [0.3, 0.4) is 0 Å². The first-order chi connectivity index (χ1) is 10.2. The van der Waals surface area contributed by atoms with Gasteiger partial charge in [-0.15, -0.1) is 0 Å². The molecular formula is C16H22N2O3. The maximum Gasteiger partial charge on any atom is 0.324 e. The van der Waals surface area contributed by atoms with Gasteiger partial charge in [-0.05, 0) is 25.0 Å². The topological polar surface area (TPSA) is 53.0 Å². The molecule has 21 heavy (non-hydrogen) atoms. The molecule has 1 N–H and O–H groups in total. The molecule has 2 saturated heterocycles. The number of aliphatic carboxylic acids is 1. The summed E-state index contributed by atoms with van der Waals surface area (Å²) in [5.74, 6) is -0.683. The van der Waals surface area contributed by atoms with Crippen LogP contribution < -0.4 is 4.90 Å². The van der Waals surface area contributed by atoms with Gasteiger partial charge in [-0.1, -0.05) is 18.2 Å². The Bertz CT molecular complexity index is 478. The van der Waals surface area contributed by atoms with Crippen molar-refractivity contribution in [1.29, 1.82) is 0 Å². The lowest BCUT2D eigenvalue weighted by atomic mass is 9.85. The fraction of sp³-hybridized carbons (Fsp3) is 0.562. The molecular weight excluding hydrogens is 268 g/mol. The van der Waals surface area contributed by atoms with Gasteiger partial charge in [0.2, 0.25) is 0 Å². The number of para-hydroxylation sites is 1. The molecule has 2 aliphatic heterocycles. The first-order valence-corrected chi connectivity index (χ1v) is 7.58. The molecule has 0 bridgehead atoms. The number of carboxylic acid groups (broad SMARTS) is 1. The van der Waals surface area contributed by atoms with E-state index in [1.54, 1.807) is 0 Å². The van der Waals surface area contributed by atoms with E-state index >= 15 is 0 Å². The molecule has 5 heteroatoms. The van der Waals surface area contributed by atoms with Gasteiger partial charge in [-0.3, -0.25) is 9.69 Å². The average molecular weight is 290 g/mol. The minimum absolute atomic E-state index is 0.636. The Morgan fingerprint density at radius 3 is 2.24 bits per heavy atom. The van der Waals surface area contributed by atoms with E-state index in [2.05, 4.69) is 21.9 Å². The average Bonchev–Trinajstić information content (AvgIpc) is 2.56. The second-order valence-corrected chi connectivity index (χ2v) is 5.76. The smallest absolute Gasteiger partial charge is 0.324 e. The lowest BCUT2D eigenvalue weighted by Crippen LogP contribution is -2.62. The van der Waals surface area contributed by atoms with Crippen LogP contribution in [0.25, 0.3) is 0 Å². The van der Waals surface area contributed by atoms with E-state index in [-0.39, 0.29) is 0 Å². The fourth-order valence-electron chi connectivity index (χ4n) is 3.43. The number of hydrogen-bond donors (Lipinski definition) is 1. The summed E-state index contributed by atoms with van der Waals surface area (Å²) in [5, 5.41) is 9.80. The Morgan fingerprint density at radius 1 is 1.05 bits per heavy atom. The molecule has 2 aliphatic rings. The number of benzene rings is 1. The molecule has 0 unspecified atom stereocenters. The van der Waals surface area contributed by atoms with E-state index in [0.29, 0.717) is 26.1 Å². The molecule has 0 aliphatic carbocycles. The van der Waals surface area contributed by atoms with Crippen LogP contribution in [0.5, 0.6) is 0 Å². The number of carbonyl (C=O) groups is 1. The summed E-state index contributed by atoms with van der Waals surface area (Å²) < 4.78 is 5.36. The zero-order chi connectivity index (χ0) is 14.7. The van der Waals surface area contributed by atoms with Crippen molar-refractivity contribution in [1.82, 2.24) is 4.90 Å². The molecule has 0 spiro atoms. The molecule has 5 nitrogen and oxygen atoms in total. The molecule has 1 aromatic carbocycles. The number of morpholine rings is 1. The third kappa shape index (κ3) is 2.76. The SMILES string of the molecule is O=C(O)C1(N2CCOCC2)CCN(c2ccccc2)CC1. The number of anilines is 1. The zero-order valence-corrected chi connectivity index (χ0v) is 12.2. The summed E-state index contributed by atoms with van der Waals surface area (Å²) in [6, 6.07) is 10.2. The normalized spacial score (nSPS) is 23.0. The van der Waals surface area contributed by atoms with Crippen molar-refractivity contribution in [3.63, 3.8) is 0 Å². The highest BCUT2D eigenvalue weighted by Gasteiger charge is 2.46. The van der Waals surface area contributed by atoms with Crippen molar-refractivity contribution in [2.24, 2.45) is 0 Å². The first-order valence-electron chi connectivity index (χ1n) is 7.58. The van der Waals surface area contributed by atoms with Crippen molar-refractivity contribution in [3.8, 4) is 0 Å². The third-order valence-electron chi connectivity index (χ3n) is 4.73. The summed E-state index contributed by atoms with van der Waals surface area (Å²) in [6.45, 7) is 4.28. The predicted octanol–water partition coefficient (Wildman–Crippen LogP) is 1.44. The Hall–Kier alpha value is -1.59. The van der Waals surface area contributed by atoms with Crippen molar-refractivity contribution >= 4 is 11.7 Å².